The first-order valence-electron chi connectivity index (χ1n) is 11.2. The number of alkyl carbamates (subject to hydrolysis) is 1. The number of hydrogen-bond acceptors (Lipinski definition) is 6. The maximum absolute atomic E-state index is 13.5. The average Bonchev–Trinajstić information content (AvgIpc) is 2.76. The van der Waals surface area contributed by atoms with Crippen molar-refractivity contribution in [2.75, 3.05) is 38.2 Å². The Morgan fingerprint density at radius 1 is 1.36 bits per heavy atom. The second-order valence-electron chi connectivity index (χ2n) is 8.98. The molecule has 0 aromatic heterocycles. The molecule has 2 heterocycles. The van der Waals surface area contributed by atoms with Crippen LogP contribution in [0.25, 0.3) is 0 Å². The van der Waals surface area contributed by atoms with Crippen LogP contribution in [-0.4, -0.2) is 73.8 Å². The zero-order valence-corrected chi connectivity index (χ0v) is 20.8. The largest absolute Gasteiger partial charge is 0.476 e. The van der Waals surface area contributed by atoms with Crippen LogP contribution in [-0.2, 0) is 9.53 Å². The SMILES string of the molecule is COC(=O)NCCN1C(=O)C(C)(C)Oc2ccc(C(=O)N(C(C)C)[C@@H]3CCCNC3)cc21.Cl. The van der Waals surface area contributed by atoms with Crippen LogP contribution in [0.4, 0.5) is 10.5 Å². The van der Waals surface area contributed by atoms with Gasteiger partial charge >= 0.3 is 6.09 Å². The number of amides is 3. The minimum absolute atomic E-state index is 0. The summed E-state index contributed by atoms with van der Waals surface area (Å²) in [7, 11) is 1.29. The summed E-state index contributed by atoms with van der Waals surface area (Å²) in [6.45, 7) is 9.62. The van der Waals surface area contributed by atoms with Crippen molar-refractivity contribution in [3.05, 3.63) is 23.8 Å². The summed E-state index contributed by atoms with van der Waals surface area (Å²) >= 11 is 0. The number of hydrogen-bond donors (Lipinski definition) is 2. The Balaban J connectivity index is 0.00000385. The second kappa shape index (κ2) is 11.1. The van der Waals surface area contributed by atoms with Crippen LogP contribution in [0.1, 0.15) is 50.9 Å². The molecule has 2 N–H and O–H groups in total. The molecular formula is C23H35ClN4O5. The van der Waals surface area contributed by atoms with Gasteiger partial charge in [0, 0.05) is 37.3 Å². The Bertz CT molecular complexity index is 870. The average molecular weight is 483 g/mol. The normalized spacial score (nSPS) is 19.2. The molecule has 1 aromatic rings. The van der Waals surface area contributed by atoms with Gasteiger partial charge in [0.25, 0.3) is 11.8 Å². The number of nitrogens with zero attached hydrogens (tertiary/aromatic N) is 2. The molecule has 0 spiro atoms. The van der Waals surface area contributed by atoms with E-state index >= 15 is 0 Å². The highest BCUT2D eigenvalue weighted by atomic mass is 35.5. The predicted molar refractivity (Wildman–Crippen MR) is 128 cm³/mol. The molecule has 3 rings (SSSR count). The summed E-state index contributed by atoms with van der Waals surface area (Å²) in [6, 6.07) is 5.39. The molecule has 0 bridgehead atoms. The smallest absolute Gasteiger partial charge is 0.406 e. The van der Waals surface area contributed by atoms with E-state index < -0.39 is 11.7 Å². The van der Waals surface area contributed by atoms with Gasteiger partial charge in [0.15, 0.2) is 5.60 Å². The second-order valence-corrected chi connectivity index (χ2v) is 8.98. The van der Waals surface area contributed by atoms with Crippen LogP contribution in [0.5, 0.6) is 5.75 Å². The highest BCUT2D eigenvalue weighted by Crippen LogP contribution is 2.38. The quantitative estimate of drug-likeness (QED) is 0.646. The van der Waals surface area contributed by atoms with Crippen molar-refractivity contribution in [3.63, 3.8) is 0 Å². The molecule has 1 fully saturated rings. The van der Waals surface area contributed by atoms with Gasteiger partial charge in [-0.1, -0.05) is 0 Å². The number of carbonyl (C=O) groups excluding carboxylic acids is 3. The third-order valence-electron chi connectivity index (χ3n) is 5.87. The van der Waals surface area contributed by atoms with Gasteiger partial charge < -0.3 is 29.9 Å². The van der Waals surface area contributed by atoms with Crippen LogP contribution >= 0.6 is 12.4 Å². The van der Waals surface area contributed by atoms with Crippen molar-refractivity contribution in [1.82, 2.24) is 15.5 Å². The fourth-order valence-electron chi connectivity index (χ4n) is 4.31. The van der Waals surface area contributed by atoms with Crippen LogP contribution in [0.3, 0.4) is 0 Å². The number of piperidine rings is 1. The maximum Gasteiger partial charge on any atom is 0.406 e. The van der Waals surface area contributed by atoms with Gasteiger partial charge in [-0.25, -0.2) is 4.79 Å². The molecule has 33 heavy (non-hydrogen) atoms. The molecule has 1 saturated heterocycles. The lowest BCUT2D eigenvalue weighted by molar-refractivity contribution is -0.132. The lowest BCUT2D eigenvalue weighted by Crippen LogP contribution is -2.54. The van der Waals surface area contributed by atoms with E-state index in [1.54, 1.807) is 36.9 Å². The highest BCUT2D eigenvalue weighted by Gasteiger charge is 2.41. The third kappa shape index (κ3) is 5.89. The van der Waals surface area contributed by atoms with Gasteiger partial charge in [-0.2, -0.15) is 0 Å². The number of nitrogens with one attached hydrogen (secondary N) is 2. The van der Waals surface area contributed by atoms with Gasteiger partial charge in [0.05, 0.1) is 12.8 Å². The van der Waals surface area contributed by atoms with Crippen molar-refractivity contribution in [2.24, 2.45) is 0 Å². The number of carbonyl (C=O) groups is 3. The number of anilines is 1. The van der Waals surface area contributed by atoms with Gasteiger partial charge in [-0.3, -0.25) is 9.59 Å². The lowest BCUT2D eigenvalue weighted by Gasteiger charge is -2.40. The Morgan fingerprint density at radius 3 is 2.70 bits per heavy atom. The molecule has 0 radical (unpaired) electrons. The third-order valence-corrected chi connectivity index (χ3v) is 5.87. The molecule has 1 atom stereocenters. The lowest BCUT2D eigenvalue weighted by atomic mass is 10.0. The number of ether oxygens (including phenoxy) is 2. The monoisotopic (exact) mass is 482 g/mol. The molecule has 2 aliphatic rings. The van der Waals surface area contributed by atoms with Crippen molar-refractivity contribution < 1.29 is 23.9 Å². The van der Waals surface area contributed by atoms with Gasteiger partial charge in [-0.05, 0) is 65.3 Å². The summed E-state index contributed by atoms with van der Waals surface area (Å²) in [6.07, 6.45) is 1.43. The van der Waals surface area contributed by atoms with Crippen molar-refractivity contribution in [2.45, 2.75) is 58.2 Å². The van der Waals surface area contributed by atoms with Crippen LogP contribution < -0.4 is 20.3 Å². The molecule has 184 valence electrons. The summed E-state index contributed by atoms with van der Waals surface area (Å²) < 4.78 is 10.5. The van der Waals surface area contributed by atoms with Gasteiger partial charge in [0.2, 0.25) is 0 Å². The Morgan fingerprint density at radius 2 is 2.09 bits per heavy atom. The van der Waals surface area contributed by atoms with E-state index in [1.807, 2.05) is 18.7 Å². The van der Waals surface area contributed by atoms with E-state index in [2.05, 4.69) is 15.4 Å². The Labute approximate surface area is 201 Å². The van der Waals surface area contributed by atoms with Crippen molar-refractivity contribution >= 4 is 36.0 Å². The molecule has 10 heteroatoms. The van der Waals surface area contributed by atoms with Crippen molar-refractivity contribution in [3.8, 4) is 5.75 Å². The number of rotatable bonds is 6. The van der Waals surface area contributed by atoms with Crippen LogP contribution in [0.2, 0.25) is 0 Å². The summed E-state index contributed by atoms with van der Waals surface area (Å²) in [5.74, 6) is 0.222. The fourth-order valence-corrected chi connectivity index (χ4v) is 4.31. The summed E-state index contributed by atoms with van der Waals surface area (Å²) in [5.41, 5.74) is -0.0241. The van der Waals surface area contributed by atoms with Gasteiger partial charge in [0.1, 0.15) is 5.75 Å². The zero-order valence-electron chi connectivity index (χ0n) is 20.0. The highest BCUT2D eigenvalue weighted by molar-refractivity contribution is 6.04. The summed E-state index contributed by atoms with van der Waals surface area (Å²) in [5, 5.41) is 5.97. The Kier molecular flexibility index (Phi) is 8.97. The fraction of sp³-hybridized carbons (Fsp3) is 0.609. The first-order valence-corrected chi connectivity index (χ1v) is 11.2. The predicted octanol–water partition coefficient (Wildman–Crippen LogP) is 2.57. The number of methoxy groups -OCH3 is 1. The first kappa shape index (κ1) is 26.7. The van der Waals surface area contributed by atoms with E-state index in [0.29, 0.717) is 17.0 Å². The van der Waals surface area contributed by atoms with Crippen LogP contribution in [0, 0.1) is 0 Å². The Hall–Kier alpha value is -2.52. The molecule has 0 unspecified atom stereocenters. The standard InChI is InChI=1S/C23H34N4O5.ClH/c1-15(2)27(17-7-6-10-24-14-17)20(28)16-8-9-19-18(13-16)26(12-11-25-22(30)31-5)21(29)23(3,4)32-19;/h8-9,13,15,17,24H,6-7,10-12,14H2,1-5H3,(H,25,30);1H/t17-;/m1./s1. The van der Waals surface area contributed by atoms with E-state index in [4.69, 9.17) is 4.74 Å². The van der Waals surface area contributed by atoms with E-state index in [-0.39, 0.29) is 49.4 Å². The summed E-state index contributed by atoms with van der Waals surface area (Å²) in [4.78, 5) is 41.5. The van der Waals surface area contributed by atoms with E-state index in [9.17, 15) is 14.4 Å². The van der Waals surface area contributed by atoms with E-state index in [1.165, 1.54) is 7.11 Å². The molecule has 0 saturated carbocycles. The number of benzene rings is 1. The molecule has 3 amide bonds. The number of fused-ring (bicyclic) bond motifs is 1. The van der Waals surface area contributed by atoms with Crippen LogP contribution in [0.15, 0.2) is 18.2 Å². The van der Waals surface area contributed by atoms with E-state index in [0.717, 1.165) is 25.9 Å². The van der Waals surface area contributed by atoms with Gasteiger partial charge in [-0.15, -0.1) is 12.4 Å². The molecule has 9 nitrogen and oxygen atoms in total. The number of halogens is 1. The minimum atomic E-state index is -1.05. The minimum Gasteiger partial charge on any atom is -0.476 e. The van der Waals surface area contributed by atoms with Crippen molar-refractivity contribution in [1.29, 1.82) is 0 Å². The molecule has 2 aliphatic heterocycles. The maximum atomic E-state index is 13.5. The zero-order chi connectivity index (χ0) is 23.5. The topological polar surface area (TPSA) is 100 Å². The molecule has 0 aliphatic carbocycles. The molecular weight excluding hydrogens is 448 g/mol. The molecule has 1 aromatic carbocycles. The first-order chi connectivity index (χ1) is 15.2.